The van der Waals surface area contributed by atoms with Crippen LogP contribution in [0.5, 0.6) is 0 Å². The predicted octanol–water partition coefficient (Wildman–Crippen LogP) is 2.25. The Morgan fingerprint density at radius 3 is 1.74 bits per heavy atom. The fraction of sp³-hybridized carbons (Fsp3) is 0.739. The Labute approximate surface area is 189 Å². The van der Waals surface area contributed by atoms with Gasteiger partial charge in [0.1, 0.15) is 0 Å². The van der Waals surface area contributed by atoms with Gasteiger partial charge in [-0.3, -0.25) is 9.78 Å². The number of hydrogen-bond acceptors (Lipinski definition) is 7. The van der Waals surface area contributed by atoms with Gasteiger partial charge in [-0.05, 0) is 37.8 Å². The van der Waals surface area contributed by atoms with E-state index in [1.165, 1.54) is 63.1 Å². The molecule has 1 aromatic rings. The van der Waals surface area contributed by atoms with E-state index >= 15 is 0 Å². The van der Waals surface area contributed by atoms with Crippen LogP contribution in [-0.4, -0.2) is 59.1 Å². The maximum atomic E-state index is 11.1. The molecule has 4 rings (SSSR count). The van der Waals surface area contributed by atoms with E-state index in [0.29, 0.717) is 24.2 Å². The highest BCUT2D eigenvalue weighted by atomic mass is 32.2. The molecule has 0 radical (unpaired) electrons. The van der Waals surface area contributed by atoms with Crippen LogP contribution in [-0.2, 0) is 17.9 Å². The van der Waals surface area contributed by atoms with Crippen molar-refractivity contribution in [3.8, 4) is 0 Å². The molecule has 7 nitrogen and oxygen atoms in total. The minimum atomic E-state index is -0.785. The number of nitrogens with zero attached hydrogens (tertiary/aromatic N) is 1. The van der Waals surface area contributed by atoms with Crippen LogP contribution in [0.1, 0.15) is 62.8 Å². The molecule has 0 saturated heterocycles. The quantitative estimate of drug-likeness (QED) is 0.450. The molecule has 4 atom stereocenters. The van der Waals surface area contributed by atoms with Gasteiger partial charge in [0.15, 0.2) is 0 Å². The van der Waals surface area contributed by atoms with Crippen molar-refractivity contribution in [2.75, 3.05) is 18.8 Å². The molecule has 5 N–H and O–H groups in total. The van der Waals surface area contributed by atoms with E-state index in [1.807, 2.05) is 0 Å². The molecule has 3 aliphatic rings. The molecule has 8 heteroatoms. The van der Waals surface area contributed by atoms with Crippen LogP contribution < -0.4 is 21.3 Å². The summed E-state index contributed by atoms with van der Waals surface area (Å²) in [5.41, 5.74) is 2.01. The SMILES string of the molecule is O=C(O)CSc1cc2nc(c1)CN[C@@H]1CCCC[C@H]1NCCN[C@@H]1CCCC[C@H]1NC2. The molecule has 172 valence electrons. The van der Waals surface area contributed by atoms with E-state index in [1.54, 1.807) is 0 Å². The summed E-state index contributed by atoms with van der Waals surface area (Å²) < 4.78 is 0. The predicted molar refractivity (Wildman–Crippen MR) is 124 cm³/mol. The zero-order chi connectivity index (χ0) is 21.5. The van der Waals surface area contributed by atoms with Crippen molar-refractivity contribution in [3.05, 3.63) is 23.5 Å². The van der Waals surface area contributed by atoms with E-state index < -0.39 is 5.97 Å². The van der Waals surface area contributed by atoms with Crippen molar-refractivity contribution in [3.63, 3.8) is 0 Å². The van der Waals surface area contributed by atoms with Crippen LogP contribution >= 0.6 is 11.8 Å². The molecule has 2 aliphatic carbocycles. The highest BCUT2D eigenvalue weighted by molar-refractivity contribution is 8.00. The van der Waals surface area contributed by atoms with Gasteiger partial charge in [0.05, 0.1) is 17.1 Å². The van der Waals surface area contributed by atoms with Gasteiger partial charge in [-0.1, -0.05) is 25.7 Å². The van der Waals surface area contributed by atoms with Crippen LogP contribution in [0.25, 0.3) is 0 Å². The summed E-state index contributed by atoms with van der Waals surface area (Å²) in [7, 11) is 0. The van der Waals surface area contributed by atoms with Crippen LogP contribution in [0.2, 0.25) is 0 Å². The van der Waals surface area contributed by atoms with Gasteiger partial charge in [-0.25, -0.2) is 0 Å². The van der Waals surface area contributed by atoms with Gasteiger partial charge < -0.3 is 26.4 Å². The molecule has 2 bridgehead atoms. The van der Waals surface area contributed by atoms with Crippen molar-refractivity contribution in [2.24, 2.45) is 0 Å². The van der Waals surface area contributed by atoms with Crippen molar-refractivity contribution in [2.45, 2.75) is 93.5 Å². The first-order chi connectivity index (χ1) is 15.2. The lowest BCUT2D eigenvalue weighted by Crippen LogP contribution is -2.53. The van der Waals surface area contributed by atoms with Crippen molar-refractivity contribution in [1.82, 2.24) is 26.3 Å². The zero-order valence-electron chi connectivity index (χ0n) is 18.4. The molecule has 0 amide bonds. The van der Waals surface area contributed by atoms with E-state index in [4.69, 9.17) is 10.1 Å². The fourth-order valence-corrected chi connectivity index (χ4v) is 5.98. The highest BCUT2D eigenvalue weighted by Crippen LogP contribution is 2.23. The van der Waals surface area contributed by atoms with Crippen molar-refractivity contribution >= 4 is 17.7 Å². The minimum Gasteiger partial charge on any atom is -0.481 e. The molecule has 2 heterocycles. The zero-order valence-corrected chi connectivity index (χ0v) is 19.2. The lowest BCUT2D eigenvalue weighted by molar-refractivity contribution is -0.133. The van der Waals surface area contributed by atoms with Gasteiger partial charge in [0, 0.05) is 55.2 Å². The Kier molecular flexibility index (Phi) is 8.61. The Morgan fingerprint density at radius 1 is 0.839 bits per heavy atom. The van der Waals surface area contributed by atoms with Crippen LogP contribution in [0.3, 0.4) is 0 Å². The molecule has 1 aromatic heterocycles. The van der Waals surface area contributed by atoms with Gasteiger partial charge >= 0.3 is 5.97 Å². The number of fused-ring (bicyclic) bond motifs is 4. The second kappa shape index (κ2) is 11.6. The number of thioether (sulfide) groups is 1. The maximum Gasteiger partial charge on any atom is 0.313 e. The Morgan fingerprint density at radius 2 is 1.29 bits per heavy atom. The Hall–Kier alpha value is -1.19. The van der Waals surface area contributed by atoms with E-state index in [0.717, 1.165) is 42.5 Å². The number of nitrogens with one attached hydrogen (secondary N) is 4. The van der Waals surface area contributed by atoms with Gasteiger partial charge in [-0.2, -0.15) is 0 Å². The van der Waals surface area contributed by atoms with Gasteiger partial charge in [0.25, 0.3) is 0 Å². The minimum absolute atomic E-state index is 0.0764. The second-order valence-electron chi connectivity index (χ2n) is 9.13. The first kappa shape index (κ1) is 23.0. The third kappa shape index (κ3) is 6.89. The third-order valence-electron chi connectivity index (χ3n) is 6.83. The number of carboxylic acids is 1. The summed E-state index contributed by atoms with van der Waals surface area (Å²) in [6.45, 7) is 3.46. The average molecular weight is 448 g/mol. The lowest BCUT2D eigenvalue weighted by Gasteiger charge is -2.34. The Balaban J connectivity index is 1.53. The molecule has 1 aliphatic heterocycles. The molecule has 31 heavy (non-hydrogen) atoms. The standard InChI is InChI=1S/C23H37N5O2S/c29-23(30)15-31-18-11-16-13-26-21-7-3-1-5-19(21)24-9-10-25-20-6-2-4-8-22(20)27-14-17(12-18)28-16/h11-12,19-22,24-27H,1-10,13-15H2,(H,29,30)/t19-,20-,21-,22-/m1/s1. The smallest absolute Gasteiger partial charge is 0.313 e. The second-order valence-corrected chi connectivity index (χ2v) is 10.2. The summed E-state index contributed by atoms with van der Waals surface area (Å²) >= 11 is 1.38. The average Bonchev–Trinajstić information content (AvgIpc) is 2.79. The number of pyridine rings is 1. The molecular weight excluding hydrogens is 410 g/mol. The van der Waals surface area contributed by atoms with Crippen LogP contribution in [0.4, 0.5) is 0 Å². The van der Waals surface area contributed by atoms with Crippen LogP contribution in [0, 0.1) is 0 Å². The van der Waals surface area contributed by atoms with Gasteiger partial charge in [-0.15, -0.1) is 11.8 Å². The molecule has 2 fully saturated rings. The summed E-state index contributed by atoms with van der Waals surface area (Å²) in [4.78, 5) is 17.0. The van der Waals surface area contributed by atoms with E-state index in [-0.39, 0.29) is 5.75 Å². The molecule has 2 saturated carbocycles. The van der Waals surface area contributed by atoms with Crippen molar-refractivity contribution < 1.29 is 9.90 Å². The number of rotatable bonds is 3. The van der Waals surface area contributed by atoms with Crippen molar-refractivity contribution in [1.29, 1.82) is 0 Å². The Bertz CT molecular complexity index is 686. The first-order valence-electron chi connectivity index (χ1n) is 12.0. The number of carbonyl (C=O) groups is 1. The van der Waals surface area contributed by atoms with E-state index in [2.05, 4.69) is 33.4 Å². The summed E-state index contributed by atoms with van der Waals surface area (Å²) in [5, 5.41) is 24.2. The maximum absolute atomic E-state index is 11.1. The number of aliphatic carboxylic acids is 1. The monoisotopic (exact) mass is 447 g/mol. The third-order valence-corrected chi connectivity index (χ3v) is 7.79. The van der Waals surface area contributed by atoms with Crippen LogP contribution in [0.15, 0.2) is 17.0 Å². The molecular formula is C23H37N5O2S. The largest absolute Gasteiger partial charge is 0.481 e. The van der Waals surface area contributed by atoms with Gasteiger partial charge in [0.2, 0.25) is 0 Å². The molecule has 0 spiro atoms. The number of carboxylic acid groups (broad SMARTS) is 1. The fourth-order valence-electron chi connectivity index (χ4n) is 5.25. The normalized spacial score (nSPS) is 30.3. The summed E-state index contributed by atoms with van der Waals surface area (Å²) in [6.07, 6.45) is 9.96. The lowest BCUT2D eigenvalue weighted by atomic mass is 9.89. The first-order valence-corrected chi connectivity index (χ1v) is 12.9. The highest BCUT2D eigenvalue weighted by Gasteiger charge is 2.26. The topological polar surface area (TPSA) is 98.3 Å². The molecule has 0 aromatic carbocycles. The summed E-state index contributed by atoms with van der Waals surface area (Å²) in [5.74, 6) is -0.709. The number of aromatic nitrogens is 1. The summed E-state index contributed by atoms with van der Waals surface area (Å²) in [6, 6.07) is 6.03. The number of hydrogen-bond donors (Lipinski definition) is 5. The molecule has 0 unspecified atom stereocenters. The van der Waals surface area contributed by atoms with E-state index in [9.17, 15) is 4.79 Å².